The maximum Gasteiger partial charge on any atom is 0.243 e. The molecule has 0 spiro atoms. The molecule has 6 nitrogen and oxygen atoms in total. The quantitative estimate of drug-likeness (QED) is 0.623. The third-order valence-corrected chi connectivity index (χ3v) is 8.63. The smallest absolute Gasteiger partial charge is 0.243 e. The lowest BCUT2D eigenvalue weighted by atomic mass is 10.1. The monoisotopic (exact) mass is 469 g/mol. The van der Waals surface area contributed by atoms with Crippen LogP contribution in [0.1, 0.15) is 42.4 Å². The topological polar surface area (TPSA) is 60.9 Å². The van der Waals surface area contributed by atoms with E-state index in [1.807, 2.05) is 17.0 Å². The third kappa shape index (κ3) is 6.22. The number of piperazine rings is 1. The molecule has 178 valence electrons. The van der Waals surface area contributed by atoms with Crippen LogP contribution in [0.3, 0.4) is 0 Å². The highest BCUT2D eigenvalue weighted by Crippen LogP contribution is 2.21. The van der Waals surface area contributed by atoms with Gasteiger partial charge in [0.15, 0.2) is 0 Å². The summed E-state index contributed by atoms with van der Waals surface area (Å²) in [4.78, 5) is 17.4. The van der Waals surface area contributed by atoms with Crippen LogP contribution in [0.4, 0.5) is 0 Å². The van der Waals surface area contributed by atoms with Gasteiger partial charge in [0, 0.05) is 52.2 Å². The predicted molar refractivity (Wildman–Crippen MR) is 130 cm³/mol. The molecule has 1 amide bonds. The molecule has 2 aliphatic rings. The Morgan fingerprint density at radius 1 is 0.848 bits per heavy atom. The molecular formula is C26H35N3O3S. The summed E-state index contributed by atoms with van der Waals surface area (Å²) >= 11 is 0. The van der Waals surface area contributed by atoms with E-state index in [0.29, 0.717) is 30.8 Å². The fourth-order valence-corrected chi connectivity index (χ4v) is 6.23. The van der Waals surface area contributed by atoms with Gasteiger partial charge in [-0.2, -0.15) is 4.31 Å². The summed E-state index contributed by atoms with van der Waals surface area (Å²) in [6.07, 6.45) is 4.04. The maximum absolute atomic E-state index is 12.8. The molecule has 2 aromatic carbocycles. The molecule has 0 radical (unpaired) electrons. The lowest BCUT2D eigenvalue weighted by Crippen LogP contribution is -2.48. The number of carbonyl (C=O) groups is 1. The van der Waals surface area contributed by atoms with E-state index in [1.54, 1.807) is 16.4 Å². The summed E-state index contributed by atoms with van der Waals surface area (Å²) in [5.74, 6) is 0.176. The van der Waals surface area contributed by atoms with Gasteiger partial charge in [0.05, 0.1) is 4.90 Å². The molecule has 2 saturated heterocycles. The summed E-state index contributed by atoms with van der Waals surface area (Å²) in [5, 5.41) is 0. The number of piperidine rings is 1. The maximum atomic E-state index is 12.8. The Morgan fingerprint density at radius 3 is 2.21 bits per heavy atom. The number of hydrogen-bond donors (Lipinski definition) is 0. The second-order valence-electron chi connectivity index (χ2n) is 9.25. The molecule has 2 aliphatic heterocycles. The van der Waals surface area contributed by atoms with Crippen molar-refractivity contribution in [3.05, 3.63) is 65.2 Å². The Labute approximate surface area is 198 Å². The van der Waals surface area contributed by atoms with Crippen LogP contribution in [0.15, 0.2) is 53.4 Å². The van der Waals surface area contributed by atoms with Crippen molar-refractivity contribution in [2.45, 2.75) is 50.5 Å². The minimum atomic E-state index is -3.40. The third-order valence-electron chi connectivity index (χ3n) is 6.72. The first-order chi connectivity index (χ1) is 15.9. The van der Waals surface area contributed by atoms with Gasteiger partial charge in [-0.15, -0.1) is 0 Å². The van der Waals surface area contributed by atoms with Gasteiger partial charge in [0.2, 0.25) is 15.9 Å². The summed E-state index contributed by atoms with van der Waals surface area (Å²) in [7, 11) is -3.40. The Balaban J connectivity index is 1.24. The number of rotatable bonds is 7. The number of carbonyl (C=O) groups excluding carboxylic acids is 1. The summed E-state index contributed by atoms with van der Waals surface area (Å²) in [6, 6.07) is 15.7. The lowest BCUT2D eigenvalue weighted by molar-refractivity contribution is -0.133. The zero-order valence-corrected chi connectivity index (χ0v) is 20.4. The van der Waals surface area contributed by atoms with Crippen molar-refractivity contribution >= 4 is 15.9 Å². The number of hydrogen-bond acceptors (Lipinski definition) is 4. The standard InChI is InChI=1S/C26H35N3O3S/c1-22-6-5-7-24(20-22)21-27-16-18-28(19-17-27)26(30)13-10-23-8-11-25(12-9-23)33(31,32)29-14-3-2-4-15-29/h5-9,11-12,20H,2-4,10,13-19,21H2,1H3. The normalized spacial score (nSPS) is 18.4. The lowest BCUT2D eigenvalue weighted by Gasteiger charge is -2.35. The molecule has 0 saturated carbocycles. The SMILES string of the molecule is Cc1cccc(CN2CCN(C(=O)CCc3ccc(S(=O)(=O)N4CCCCC4)cc3)CC2)c1. The van der Waals surface area contributed by atoms with E-state index in [9.17, 15) is 13.2 Å². The summed E-state index contributed by atoms with van der Waals surface area (Å²) < 4.78 is 27.2. The molecule has 7 heteroatoms. The van der Waals surface area contributed by atoms with E-state index in [1.165, 1.54) is 11.1 Å². The number of nitrogens with zero attached hydrogens (tertiary/aromatic N) is 3. The Hall–Kier alpha value is -2.22. The molecular weight excluding hydrogens is 434 g/mol. The average Bonchev–Trinajstić information content (AvgIpc) is 2.84. The minimum absolute atomic E-state index is 0.176. The highest BCUT2D eigenvalue weighted by molar-refractivity contribution is 7.89. The van der Waals surface area contributed by atoms with Crippen molar-refractivity contribution in [3.8, 4) is 0 Å². The van der Waals surface area contributed by atoms with Gasteiger partial charge >= 0.3 is 0 Å². The highest BCUT2D eigenvalue weighted by atomic mass is 32.2. The van der Waals surface area contributed by atoms with Crippen LogP contribution in [0.5, 0.6) is 0 Å². The van der Waals surface area contributed by atoms with E-state index in [2.05, 4.69) is 36.1 Å². The van der Waals surface area contributed by atoms with Crippen molar-refractivity contribution in [1.29, 1.82) is 0 Å². The van der Waals surface area contributed by atoms with E-state index >= 15 is 0 Å². The van der Waals surface area contributed by atoms with Gasteiger partial charge < -0.3 is 4.90 Å². The summed E-state index contributed by atoms with van der Waals surface area (Å²) in [6.45, 7) is 7.56. The first kappa shape index (κ1) is 23.9. The molecule has 0 N–H and O–H groups in total. The van der Waals surface area contributed by atoms with Gasteiger partial charge in [0.25, 0.3) is 0 Å². The van der Waals surface area contributed by atoms with E-state index < -0.39 is 10.0 Å². The van der Waals surface area contributed by atoms with Crippen LogP contribution in [-0.4, -0.2) is 67.7 Å². The Morgan fingerprint density at radius 2 is 1.55 bits per heavy atom. The summed E-state index contributed by atoms with van der Waals surface area (Å²) in [5.41, 5.74) is 3.60. The van der Waals surface area contributed by atoms with Crippen LogP contribution >= 0.6 is 0 Å². The number of benzene rings is 2. The van der Waals surface area contributed by atoms with E-state index in [-0.39, 0.29) is 5.91 Å². The van der Waals surface area contributed by atoms with Crippen LogP contribution in [-0.2, 0) is 27.8 Å². The average molecular weight is 470 g/mol. The zero-order valence-electron chi connectivity index (χ0n) is 19.6. The van der Waals surface area contributed by atoms with Gasteiger partial charge in [-0.3, -0.25) is 9.69 Å². The van der Waals surface area contributed by atoms with Gasteiger partial charge in [-0.05, 0) is 49.4 Å². The number of aryl methyl sites for hydroxylation is 2. The van der Waals surface area contributed by atoms with Crippen LogP contribution in [0, 0.1) is 6.92 Å². The van der Waals surface area contributed by atoms with Gasteiger partial charge in [-0.25, -0.2) is 8.42 Å². The Kier molecular flexibility index (Phi) is 7.83. The van der Waals surface area contributed by atoms with Crippen molar-refractivity contribution in [2.24, 2.45) is 0 Å². The molecule has 2 fully saturated rings. The largest absolute Gasteiger partial charge is 0.340 e. The molecule has 2 aromatic rings. The predicted octanol–water partition coefficient (Wildman–Crippen LogP) is 3.45. The van der Waals surface area contributed by atoms with E-state index in [0.717, 1.165) is 57.5 Å². The van der Waals surface area contributed by atoms with Crippen LogP contribution in [0.2, 0.25) is 0 Å². The van der Waals surface area contributed by atoms with Crippen LogP contribution in [0.25, 0.3) is 0 Å². The molecule has 33 heavy (non-hydrogen) atoms. The van der Waals surface area contributed by atoms with Crippen molar-refractivity contribution < 1.29 is 13.2 Å². The van der Waals surface area contributed by atoms with Crippen molar-refractivity contribution in [2.75, 3.05) is 39.3 Å². The zero-order chi connectivity index (χ0) is 23.3. The molecule has 0 bridgehead atoms. The Bertz CT molecular complexity index is 1040. The first-order valence-electron chi connectivity index (χ1n) is 12.1. The molecule has 0 aromatic heterocycles. The molecule has 2 heterocycles. The minimum Gasteiger partial charge on any atom is -0.340 e. The molecule has 0 aliphatic carbocycles. The van der Waals surface area contributed by atoms with Crippen molar-refractivity contribution in [3.63, 3.8) is 0 Å². The second-order valence-corrected chi connectivity index (χ2v) is 11.2. The first-order valence-corrected chi connectivity index (χ1v) is 13.5. The van der Waals surface area contributed by atoms with E-state index in [4.69, 9.17) is 0 Å². The molecule has 0 unspecified atom stereocenters. The number of sulfonamides is 1. The number of amides is 1. The second kappa shape index (κ2) is 10.8. The molecule has 4 rings (SSSR count). The fraction of sp³-hybridized carbons (Fsp3) is 0.500. The molecule has 0 atom stereocenters. The van der Waals surface area contributed by atoms with Gasteiger partial charge in [-0.1, -0.05) is 48.4 Å². The van der Waals surface area contributed by atoms with Crippen molar-refractivity contribution in [1.82, 2.24) is 14.1 Å². The fourth-order valence-electron chi connectivity index (χ4n) is 4.72. The highest BCUT2D eigenvalue weighted by Gasteiger charge is 2.26. The van der Waals surface area contributed by atoms with Crippen LogP contribution < -0.4 is 0 Å². The van der Waals surface area contributed by atoms with Gasteiger partial charge in [0.1, 0.15) is 0 Å².